The second-order valence-corrected chi connectivity index (χ2v) is 7.89. The summed E-state index contributed by atoms with van der Waals surface area (Å²) in [5.41, 5.74) is 7.14. The largest absolute Gasteiger partial charge is 0.506 e. The van der Waals surface area contributed by atoms with E-state index in [1.54, 1.807) is 24.4 Å². The Labute approximate surface area is 188 Å². The molecule has 0 amide bonds. The molecule has 1 heterocycles. The fourth-order valence-corrected chi connectivity index (χ4v) is 4.01. The van der Waals surface area contributed by atoms with E-state index < -0.39 is 0 Å². The molecule has 166 valence electrons. The molecule has 1 aromatic heterocycles. The molecular formula is C27H28F2N2O. The van der Waals surface area contributed by atoms with Crippen molar-refractivity contribution in [2.45, 2.75) is 46.5 Å². The Kier molecular flexibility index (Phi) is 7.52. The van der Waals surface area contributed by atoms with Gasteiger partial charge >= 0.3 is 0 Å². The van der Waals surface area contributed by atoms with Gasteiger partial charge in [-0.05, 0) is 91.1 Å². The fraction of sp³-hybridized carbons (Fsp3) is 0.259. The molecule has 2 aromatic carbocycles. The Bertz CT molecular complexity index is 1150. The molecule has 5 heteroatoms. The van der Waals surface area contributed by atoms with Crippen molar-refractivity contribution in [2.75, 3.05) is 0 Å². The number of halogens is 2. The lowest BCUT2D eigenvalue weighted by Crippen LogP contribution is -1.97. The first-order chi connectivity index (χ1) is 15.3. The van der Waals surface area contributed by atoms with Crippen molar-refractivity contribution >= 4 is 16.9 Å². The highest BCUT2D eigenvalue weighted by atomic mass is 19.1. The molecule has 0 radical (unpaired) electrons. The first-order valence-corrected chi connectivity index (χ1v) is 10.7. The van der Waals surface area contributed by atoms with Gasteiger partial charge in [-0.15, -0.1) is 0 Å². The third kappa shape index (κ3) is 5.28. The number of nitrogens with zero attached hydrogens (tertiary/aromatic N) is 2. The third-order valence-corrected chi connectivity index (χ3v) is 5.69. The van der Waals surface area contributed by atoms with E-state index in [1.807, 2.05) is 26.8 Å². The summed E-state index contributed by atoms with van der Waals surface area (Å²) >= 11 is 0. The first kappa shape index (κ1) is 23.3. The maximum atomic E-state index is 13.6. The number of hydrogen-bond acceptors (Lipinski definition) is 3. The third-order valence-electron chi connectivity index (χ3n) is 5.69. The Morgan fingerprint density at radius 2 is 1.78 bits per heavy atom. The van der Waals surface area contributed by atoms with Crippen LogP contribution in [0.1, 0.15) is 59.8 Å². The van der Waals surface area contributed by atoms with Crippen LogP contribution in [0.4, 0.5) is 8.78 Å². The number of rotatable bonds is 4. The van der Waals surface area contributed by atoms with Gasteiger partial charge in [0.15, 0.2) is 0 Å². The molecule has 1 aliphatic rings. The van der Waals surface area contributed by atoms with Gasteiger partial charge in [0.25, 0.3) is 0 Å². The molecule has 1 aliphatic carbocycles. The van der Waals surface area contributed by atoms with Crippen molar-refractivity contribution in [3.05, 3.63) is 101 Å². The highest BCUT2D eigenvalue weighted by molar-refractivity contribution is 5.92. The maximum Gasteiger partial charge on any atom is 0.135 e. The van der Waals surface area contributed by atoms with Gasteiger partial charge in [0.1, 0.15) is 23.1 Å². The molecule has 1 N–H and O–H groups in total. The molecule has 0 unspecified atom stereocenters. The predicted octanol–water partition coefficient (Wildman–Crippen LogP) is 7.24. The highest BCUT2D eigenvalue weighted by Crippen LogP contribution is 2.40. The molecule has 32 heavy (non-hydrogen) atoms. The monoisotopic (exact) mass is 434 g/mol. The molecule has 0 saturated heterocycles. The molecule has 0 atom stereocenters. The minimum absolute atomic E-state index is 0.0810. The lowest BCUT2D eigenvalue weighted by Gasteiger charge is -2.11. The summed E-state index contributed by atoms with van der Waals surface area (Å²) in [6.07, 6.45) is 6.72. The SMILES string of the molecule is C=C(O)c1cncc(C2=C(c3cc(F)ccc3C)CCC2)n1.CCc1c(C)cccc1F. The second kappa shape index (κ2) is 10.3. The molecule has 3 nitrogen and oxygen atoms in total. The van der Waals surface area contributed by atoms with E-state index in [9.17, 15) is 13.9 Å². The van der Waals surface area contributed by atoms with E-state index in [-0.39, 0.29) is 17.4 Å². The maximum absolute atomic E-state index is 13.6. The molecule has 3 aromatic rings. The van der Waals surface area contributed by atoms with E-state index in [0.29, 0.717) is 5.69 Å². The number of aromatic nitrogens is 2. The van der Waals surface area contributed by atoms with Gasteiger partial charge in [-0.1, -0.05) is 31.7 Å². The Balaban J connectivity index is 0.000000243. The minimum Gasteiger partial charge on any atom is -0.506 e. The summed E-state index contributed by atoms with van der Waals surface area (Å²) < 4.78 is 26.5. The number of aliphatic hydroxyl groups excluding tert-OH is 1. The average molecular weight is 435 g/mol. The highest BCUT2D eigenvalue weighted by Gasteiger charge is 2.21. The van der Waals surface area contributed by atoms with Gasteiger partial charge in [-0.2, -0.15) is 0 Å². The van der Waals surface area contributed by atoms with Gasteiger partial charge in [0.2, 0.25) is 0 Å². The topological polar surface area (TPSA) is 46.0 Å². The molecular weight excluding hydrogens is 406 g/mol. The Morgan fingerprint density at radius 3 is 2.44 bits per heavy atom. The number of aryl methyl sites for hydroxylation is 2. The van der Waals surface area contributed by atoms with Crippen LogP contribution >= 0.6 is 0 Å². The van der Waals surface area contributed by atoms with Gasteiger partial charge in [-0.25, -0.2) is 13.8 Å². The molecule has 4 rings (SSSR count). The van der Waals surface area contributed by atoms with Gasteiger partial charge in [0, 0.05) is 0 Å². The van der Waals surface area contributed by atoms with Crippen molar-refractivity contribution in [3.8, 4) is 0 Å². The number of aliphatic hydroxyl groups is 1. The number of allylic oxidation sites excluding steroid dienone is 2. The first-order valence-electron chi connectivity index (χ1n) is 10.7. The van der Waals surface area contributed by atoms with Crippen LogP contribution in [0.5, 0.6) is 0 Å². The summed E-state index contributed by atoms with van der Waals surface area (Å²) in [6.45, 7) is 9.36. The van der Waals surface area contributed by atoms with E-state index in [0.717, 1.165) is 64.8 Å². The summed E-state index contributed by atoms with van der Waals surface area (Å²) in [4.78, 5) is 8.55. The van der Waals surface area contributed by atoms with Gasteiger partial charge in [-0.3, -0.25) is 4.98 Å². The lowest BCUT2D eigenvalue weighted by molar-refractivity contribution is 0.510. The fourth-order valence-electron chi connectivity index (χ4n) is 4.01. The molecule has 0 bridgehead atoms. The Hall–Kier alpha value is -3.34. The van der Waals surface area contributed by atoms with Gasteiger partial charge < -0.3 is 5.11 Å². The Morgan fingerprint density at radius 1 is 1.03 bits per heavy atom. The van der Waals surface area contributed by atoms with Crippen LogP contribution in [0.25, 0.3) is 16.9 Å². The van der Waals surface area contributed by atoms with Crippen LogP contribution in [0.2, 0.25) is 0 Å². The number of hydrogen-bond donors (Lipinski definition) is 1. The van der Waals surface area contributed by atoms with Crippen molar-refractivity contribution in [2.24, 2.45) is 0 Å². The summed E-state index contributed by atoms with van der Waals surface area (Å²) in [6, 6.07) is 10.0. The van der Waals surface area contributed by atoms with Crippen molar-refractivity contribution in [1.82, 2.24) is 9.97 Å². The average Bonchev–Trinajstić information content (AvgIpc) is 3.26. The van der Waals surface area contributed by atoms with Crippen LogP contribution in [-0.4, -0.2) is 15.1 Å². The second-order valence-electron chi connectivity index (χ2n) is 7.89. The summed E-state index contributed by atoms with van der Waals surface area (Å²) in [7, 11) is 0. The van der Waals surface area contributed by atoms with Crippen molar-refractivity contribution in [1.29, 1.82) is 0 Å². The zero-order valence-corrected chi connectivity index (χ0v) is 18.8. The quantitative estimate of drug-likeness (QED) is 0.440. The smallest absolute Gasteiger partial charge is 0.135 e. The molecule has 0 spiro atoms. The van der Waals surface area contributed by atoms with E-state index in [4.69, 9.17) is 0 Å². The predicted molar refractivity (Wildman–Crippen MR) is 126 cm³/mol. The zero-order valence-electron chi connectivity index (χ0n) is 18.8. The molecule has 0 fully saturated rings. The summed E-state index contributed by atoms with van der Waals surface area (Å²) in [5, 5.41) is 9.49. The van der Waals surface area contributed by atoms with Crippen LogP contribution < -0.4 is 0 Å². The van der Waals surface area contributed by atoms with Crippen LogP contribution in [0.3, 0.4) is 0 Å². The normalized spacial score (nSPS) is 13.0. The lowest BCUT2D eigenvalue weighted by atomic mass is 9.96. The van der Waals surface area contributed by atoms with E-state index >= 15 is 0 Å². The summed E-state index contributed by atoms with van der Waals surface area (Å²) in [5.74, 6) is -0.415. The van der Waals surface area contributed by atoms with Crippen LogP contribution in [0.15, 0.2) is 55.4 Å². The standard InChI is InChI=1S/C18H17FN2O.C9H11F/c1-11-6-7-13(19)8-16(11)14-4-3-5-15(14)18-10-20-9-17(21-18)12(2)22;1-3-8-7(2)5-4-6-9(8)10/h6-10,22H,2-5H2,1H3;4-6H,3H2,1-2H3. The van der Waals surface area contributed by atoms with E-state index in [2.05, 4.69) is 16.5 Å². The van der Waals surface area contributed by atoms with E-state index in [1.165, 1.54) is 18.3 Å². The molecule has 0 aliphatic heterocycles. The minimum atomic E-state index is -0.233. The number of benzene rings is 2. The molecule has 0 saturated carbocycles. The van der Waals surface area contributed by atoms with Crippen molar-refractivity contribution in [3.63, 3.8) is 0 Å². The zero-order chi connectivity index (χ0) is 23.3. The van der Waals surface area contributed by atoms with Crippen LogP contribution in [0, 0.1) is 25.5 Å². The van der Waals surface area contributed by atoms with Gasteiger partial charge in [0.05, 0.1) is 18.1 Å². The van der Waals surface area contributed by atoms with Crippen molar-refractivity contribution < 1.29 is 13.9 Å². The van der Waals surface area contributed by atoms with Crippen LogP contribution in [-0.2, 0) is 6.42 Å².